The van der Waals surface area contributed by atoms with E-state index in [9.17, 15) is 9.90 Å². The second-order valence-electron chi connectivity index (χ2n) is 10.2. The van der Waals surface area contributed by atoms with Crippen LogP contribution in [0.15, 0.2) is 42.5 Å². The lowest BCUT2D eigenvalue weighted by molar-refractivity contribution is 0.0957. The third-order valence-electron chi connectivity index (χ3n) is 6.43. The van der Waals surface area contributed by atoms with E-state index in [-0.39, 0.29) is 12.6 Å². The summed E-state index contributed by atoms with van der Waals surface area (Å²) in [7, 11) is 3.19. The Labute approximate surface area is 237 Å². The number of halogens is 1. The molecule has 1 unspecified atom stereocenters. The lowest BCUT2D eigenvalue weighted by Gasteiger charge is -2.33. The molecule has 1 atom stereocenters. The quantitative estimate of drug-likeness (QED) is 0.224. The molecule has 10 heteroatoms. The number of amides is 1. The average molecular weight is 569 g/mol. The number of nitrogens with zero attached hydrogens (tertiary/aromatic N) is 3. The van der Waals surface area contributed by atoms with Crippen LogP contribution in [0.2, 0.25) is 5.02 Å². The maximum Gasteiger partial charge on any atom is 0.408 e. The largest absolute Gasteiger partial charge is 0.493 e. The van der Waals surface area contributed by atoms with Gasteiger partial charge in [-0.3, -0.25) is 4.90 Å². The molecule has 4 rings (SSSR count). The number of ether oxygens (including phenoxy) is 2. The zero-order valence-electron chi connectivity index (χ0n) is 23.1. The van der Waals surface area contributed by atoms with Gasteiger partial charge in [0, 0.05) is 21.9 Å². The van der Waals surface area contributed by atoms with Gasteiger partial charge in [-0.1, -0.05) is 35.9 Å². The van der Waals surface area contributed by atoms with Crippen molar-refractivity contribution in [1.82, 2.24) is 14.9 Å². The zero-order valence-corrected chi connectivity index (χ0v) is 24.7. The van der Waals surface area contributed by atoms with Crippen molar-refractivity contribution in [3.8, 4) is 21.9 Å². The Bertz CT molecular complexity index is 1520. The predicted molar refractivity (Wildman–Crippen MR) is 158 cm³/mol. The highest BCUT2D eigenvalue weighted by molar-refractivity contribution is 7.16. The number of nitrogens with one attached hydrogen (secondary N) is 1. The van der Waals surface area contributed by atoms with Crippen molar-refractivity contribution in [3.63, 3.8) is 0 Å². The molecule has 0 saturated heterocycles. The van der Waals surface area contributed by atoms with E-state index in [1.165, 1.54) is 4.90 Å². The number of rotatable bonds is 8. The highest BCUT2D eigenvalue weighted by atomic mass is 35.5. The maximum absolute atomic E-state index is 12.0. The van der Waals surface area contributed by atoms with Crippen LogP contribution in [0.5, 0.6) is 11.5 Å². The molecule has 8 nitrogen and oxygen atoms in total. The lowest BCUT2D eigenvalue weighted by Crippen LogP contribution is -2.44. The normalized spacial score (nSPS) is 12.3. The molecule has 0 fully saturated rings. The summed E-state index contributed by atoms with van der Waals surface area (Å²) in [6, 6.07) is 13.3. The Morgan fingerprint density at radius 3 is 2.44 bits per heavy atom. The van der Waals surface area contributed by atoms with Crippen LogP contribution in [0.4, 0.5) is 10.6 Å². The molecule has 0 aliphatic rings. The Balaban J connectivity index is 1.68. The number of aryl methyl sites for hydroxylation is 1. The molecule has 1 amide bonds. The van der Waals surface area contributed by atoms with Gasteiger partial charge >= 0.3 is 6.09 Å². The summed E-state index contributed by atoms with van der Waals surface area (Å²) < 4.78 is 10.9. The summed E-state index contributed by atoms with van der Waals surface area (Å²) in [4.78, 5) is 24.6. The van der Waals surface area contributed by atoms with Crippen LogP contribution in [0.3, 0.4) is 0 Å². The smallest absolute Gasteiger partial charge is 0.408 e. The molecule has 0 radical (unpaired) electrons. The van der Waals surface area contributed by atoms with Crippen molar-refractivity contribution in [2.75, 3.05) is 19.5 Å². The van der Waals surface area contributed by atoms with E-state index >= 15 is 0 Å². The van der Waals surface area contributed by atoms with Crippen LogP contribution in [0.25, 0.3) is 21.3 Å². The Hall–Kier alpha value is -3.56. The summed E-state index contributed by atoms with van der Waals surface area (Å²) in [5.74, 6) is 2.50. The second-order valence-corrected chi connectivity index (χ2v) is 11.7. The number of hydrogen-bond acceptors (Lipinski definition) is 7. The predicted octanol–water partition coefficient (Wildman–Crippen LogP) is 7.79. The summed E-state index contributed by atoms with van der Waals surface area (Å²) >= 11 is 8.35. The van der Waals surface area contributed by atoms with Crippen LogP contribution in [0, 0.1) is 6.92 Å². The first kappa shape index (κ1) is 28.4. The minimum Gasteiger partial charge on any atom is -0.493 e. The van der Waals surface area contributed by atoms with E-state index in [0.717, 1.165) is 31.8 Å². The molecule has 0 spiro atoms. The van der Waals surface area contributed by atoms with E-state index in [2.05, 4.69) is 15.3 Å². The minimum atomic E-state index is -0.963. The highest BCUT2D eigenvalue weighted by Gasteiger charge is 2.27. The van der Waals surface area contributed by atoms with Gasteiger partial charge in [0.2, 0.25) is 0 Å². The molecule has 2 N–H and O–H groups in total. The van der Waals surface area contributed by atoms with Crippen molar-refractivity contribution in [1.29, 1.82) is 0 Å². The van der Waals surface area contributed by atoms with Gasteiger partial charge in [0.15, 0.2) is 11.5 Å². The maximum atomic E-state index is 12.0. The monoisotopic (exact) mass is 568 g/mol. The van der Waals surface area contributed by atoms with E-state index in [4.69, 9.17) is 21.1 Å². The number of anilines is 1. The second kappa shape index (κ2) is 11.3. The van der Waals surface area contributed by atoms with E-state index in [0.29, 0.717) is 28.2 Å². The molecule has 0 aliphatic carbocycles. The van der Waals surface area contributed by atoms with Crippen LogP contribution in [0.1, 0.15) is 50.0 Å². The van der Waals surface area contributed by atoms with Gasteiger partial charge < -0.3 is 19.9 Å². The van der Waals surface area contributed by atoms with Gasteiger partial charge in [0.25, 0.3) is 0 Å². The molecule has 0 bridgehead atoms. The molecule has 2 aromatic heterocycles. The van der Waals surface area contributed by atoms with Crippen LogP contribution in [-0.4, -0.2) is 45.8 Å². The molecule has 206 valence electrons. The molecule has 4 aromatic rings. The SMILES string of the molecule is COc1cc2nc(C)nc(NC(C)c3cc(Cl)c(-c4ccccc4CN(C(=O)O)C(C)(C)C)s3)c2cc1OC. The first-order valence-electron chi connectivity index (χ1n) is 12.5. The average Bonchev–Trinajstić information content (AvgIpc) is 3.27. The number of hydrogen-bond donors (Lipinski definition) is 2. The third kappa shape index (κ3) is 6.04. The number of fused-ring (bicyclic) bond motifs is 1. The Morgan fingerprint density at radius 1 is 1.13 bits per heavy atom. The number of methoxy groups -OCH3 is 2. The number of aromatic nitrogens is 2. The summed E-state index contributed by atoms with van der Waals surface area (Å²) in [5, 5.41) is 14.8. The standard InChI is InChI=1S/C29H33ClN4O4S/c1-16(31-27-20-12-23(37-6)24(38-7)14-22(20)32-17(2)33-27)25-13-21(30)26(39-25)19-11-9-8-10-18(19)15-34(28(35)36)29(3,4)5/h8-14,16H,15H2,1-7H3,(H,35,36)(H,31,32,33). The van der Waals surface area contributed by atoms with E-state index in [1.54, 1.807) is 25.6 Å². The Kier molecular flexibility index (Phi) is 8.23. The van der Waals surface area contributed by atoms with E-state index in [1.807, 2.05) is 77.1 Å². The van der Waals surface area contributed by atoms with Gasteiger partial charge in [0.1, 0.15) is 11.6 Å². The molecule has 39 heavy (non-hydrogen) atoms. The van der Waals surface area contributed by atoms with E-state index < -0.39 is 11.6 Å². The van der Waals surface area contributed by atoms with Gasteiger partial charge in [-0.2, -0.15) is 0 Å². The summed E-state index contributed by atoms with van der Waals surface area (Å²) in [5.41, 5.74) is 2.01. The van der Waals surface area contributed by atoms with Crippen molar-refractivity contribution < 1.29 is 19.4 Å². The fourth-order valence-electron chi connectivity index (χ4n) is 4.38. The summed E-state index contributed by atoms with van der Waals surface area (Å²) in [6.45, 7) is 9.81. The first-order chi connectivity index (χ1) is 18.4. The van der Waals surface area contributed by atoms with Crippen molar-refractivity contribution in [2.24, 2.45) is 0 Å². The van der Waals surface area contributed by atoms with Crippen LogP contribution >= 0.6 is 22.9 Å². The molecular weight excluding hydrogens is 536 g/mol. The molecule has 0 saturated carbocycles. The fourth-order valence-corrected chi connectivity index (χ4v) is 5.90. The van der Waals surface area contributed by atoms with Crippen molar-refractivity contribution >= 4 is 45.8 Å². The minimum absolute atomic E-state index is 0.121. The van der Waals surface area contributed by atoms with Crippen LogP contribution < -0.4 is 14.8 Å². The fraction of sp³-hybridized carbons (Fsp3) is 0.345. The van der Waals surface area contributed by atoms with Gasteiger partial charge in [-0.05, 0) is 57.9 Å². The summed E-state index contributed by atoms with van der Waals surface area (Å²) in [6.07, 6.45) is -0.963. The molecular formula is C29H33ClN4O4S. The first-order valence-corrected chi connectivity index (χ1v) is 13.7. The third-order valence-corrected chi connectivity index (χ3v) is 8.19. The van der Waals surface area contributed by atoms with Crippen LogP contribution in [-0.2, 0) is 6.54 Å². The number of benzene rings is 2. The van der Waals surface area contributed by atoms with Gasteiger partial charge in [-0.25, -0.2) is 14.8 Å². The lowest BCUT2D eigenvalue weighted by atomic mass is 10.0. The number of thiophene rings is 1. The van der Waals surface area contributed by atoms with Crippen molar-refractivity contribution in [3.05, 3.63) is 63.8 Å². The number of carbonyl (C=O) groups is 1. The Morgan fingerprint density at radius 2 is 1.79 bits per heavy atom. The number of carboxylic acid groups (broad SMARTS) is 1. The molecule has 2 heterocycles. The molecule has 2 aromatic carbocycles. The highest BCUT2D eigenvalue weighted by Crippen LogP contribution is 2.42. The topological polar surface area (TPSA) is 96.8 Å². The van der Waals surface area contributed by atoms with Crippen molar-refractivity contribution in [2.45, 2.75) is 52.7 Å². The molecule has 0 aliphatic heterocycles. The van der Waals surface area contributed by atoms with Gasteiger partial charge in [-0.15, -0.1) is 11.3 Å². The van der Waals surface area contributed by atoms with Gasteiger partial charge in [0.05, 0.1) is 42.2 Å². The zero-order chi connectivity index (χ0) is 28.5.